The fourth-order valence-corrected chi connectivity index (χ4v) is 3.69. The van der Waals surface area contributed by atoms with Gasteiger partial charge in [0.15, 0.2) is 5.82 Å². The van der Waals surface area contributed by atoms with E-state index in [9.17, 15) is 27.7 Å². The smallest absolute Gasteiger partial charge is 0.293 e. The summed E-state index contributed by atoms with van der Waals surface area (Å²) >= 11 is 0. The van der Waals surface area contributed by atoms with Crippen LogP contribution < -0.4 is 15.8 Å². The maximum atomic E-state index is 14.5. The first-order valence-electron chi connectivity index (χ1n) is 9.64. The molecule has 0 fully saturated rings. The lowest BCUT2D eigenvalue weighted by Gasteiger charge is -2.10. The number of nitrogens with one attached hydrogen (secondary N) is 2. The first-order chi connectivity index (χ1) is 15.5. The predicted molar refractivity (Wildman–Crippen MR) is 119 cm³/mol. The third-order valence-electron chi connectivity index (χ3n) is 4.63. The number of aryl methyl sites for hydroxylation is 2. The molecule has 0 spiro atoms. The zero-order chi connectivity index (χ0) is 24.3. The Balaban J connectivity index is 1.63. The lowest BCUT2D eigenvalue weighted by atomic mass is 10.2. The number of rotatable bonds is 8. The van der Waals surface area contributed by atoms with Gasteiger partial charge in [0, 0.05) is 30.4 Å². The van der Waals surface area contributed by atoms with Gasteiger partial charge < -0.3 is 10.6 Å². The number of hydrogen-bond donors (Lipinski definition) is 3. The molecule has 0 aliphatic heterocycles. The summed E-state index contributed by atoms with van der Waals surface area (Å²) in [6.07, 6.45) is -0.0884. The first kappa shape index (κ1) is 23.8. The van der Waals surface area contributed by atoms with E-state index in [0.29, 0.717) is 0 Å². The van der Waals surface area contributed by atoms with Crippen LogP contribution in [0.25, 0.3) is 5.69 Å². The molecule has 0 saturated carbocycles. The molecule has 0 unspecified atom stereocenters. The molecule has 0 saturated heterocycles. The summed E-state index contributed by atoms with van der Waals surface area (Å²) < 4.78 is 38.8. The Morgan fingerprint density at radius 3 is 2.52 bits per heavy atom. The van der Waals surface area contributed by atoms with Crippen molar-refractivity contribution in [3.8, 4) is 5.69 Å². The third kappa shape index (κ3) is 5.70. The number of halogens is 1. The van der Waals surface area contributed by atoms with Crippen molar-refractivity contribution in [2.75, 3.05) is 17.2 Å². The van der Waals surface area contributed by atoms with E-state index < -0.39 is 37.3 Å². The molecule has 0 aliphatic rings. The lowest BCUT2D eigenvalue weighted by molar-refractivity contribution is -0.384. The fourth-order valence-electron chi connectivity index (χ4n) is 3.15. The van der Waals surface area contributed by atoms with Crippen LogP contribution in [0.5, 0.6) is 0 Å². The van der Waals surface area contributed by atoms with E-state index in [4.69, 9.17) is 5.14 Å². The molecule has 0 aliphatic carbocycles. The van der Waals surface area contributed by atoms with Crippen LogP contribution in [0.2, 0.25) is 0 Å². The second kappa shape index (κ2) is 9.34. The lowest BCUT2D eigenvalue weighted by Crippen LogP contribution is -2.17. The number of primary sulfonamides is 1. The molecule has 2 aromatic carbocycles. The highest BCUT2D eigenvalue weighted by Crippen LogP contribution is 2.27. The number of aromatic nitrogens is 2. The average molecular weight is 476 g/mol. The number of anilines is 2. The van der Waals surface area contributed by atoms with Crippen molar-refractivity contribution < 1.29 is 22.5 Å². The van der Waals surface area contributed by atoms with E-state index in [0.717, 1.165) is 23.5 Å². The fraction of sp³-hybridized carbons (Fsp3) is 0.200. The molecule has 0 bridgehead atoms. The Kier molecular flexibility index (Phi) is 6.74. The number of benzene rings is 2. The van der Waals surface area contributed by atoms with Gasteiger partial charge in [-0.3, -0.25) is 14.9 Å². The Morgan fingerprint density at radius 1 is 1.21 bits per heavy atom. The molecule has 3 aromatic rings. The number of nitro groups is 1. The van der Waals surface area contributed by atoms with Crippen LogP contribution in [0.4, 0.5) is 21.5 Å². The van der Waals surface area contributed by atoms with Gasteiger partial charge in [-0.05, 0) is 50.2 Å². The molecule has 33 heavy (non-hydrogen) atoms. The topological polar surface area (TPSA) is 162 Å². The van der Waals surface area contributed by atoms with Gasteiger partial charge in [-0.2, -0.15) is 5.10 Å². The summed E-state index contributed by atoms with van der Waals surface area (Å²) in [7, 11) is -4.10. The van der Waals surface area contributed by atoms with Crippen molar-refractivity contribution in [2.24, 2.45) is 5.14 Å². The average Bonchev–Trinajstić information content (AvgIpc) is 3.05. The van der Waals surface area contributed by atoms with Gasteiger partial charge >= 0.3 is 0 Å². The minimum absolute atomic E-state index is 0.00766. The van der Waals surface area contributed by atoms with Crippen LogP contribution in [0, 0.1) is 29.8 Å². The van der Waals surface area contributed by atoms with Gasteiger partial charge in [-0.15, -0.1) is 0 Å². The molecule has 1 aromatic heterocycles. The number of nitrogens with two attached hydrogens (primary N) is 1. The van der Waals surface area contributed by atoms with Crippen LogP contribution in [-0.2, 0) is 14.8 Å². The van der Waals surface area contributed by atoms with Crippen molar-refractivity contribution in [3.63, 3.8) is 0 Å². The largest absolute Gasteiger partial charge is 0.379 e. The number of nitrogens with zero attached hydrogens (tertiary/aromatic N) is 3. The molecule has 0 atom stereocenters. The first-order valence-corrected chi connectivity index (χ1v) is 11.2. The quantitative estimate of drug-likeness (QED) is 0.332. The van der Waals surface area contributed by atoms with Crippen LogP contribution in [0.1, 0.15) is 17.8 Å². The van der Waals surface area contributed by atoms with Crippen LogP contribution in [0.15, 0.2) is 47.4 Å². The van der Waals surface area contributed by atoms with Crippen molar-refractivity contribution in [3.05, 3.63) is 69.8 Å². The minimum atomic E-state index is -4.10. The number of amides is 1. The molecule has 1 amide bonds. The zero-order valence-corrected chi connectivity index (χ0v) is 18.5. The molecule has 3 rings (SSSR count). The SMILES string of the molecule is Cc1cc(C)n(-c2ccc(NC(=O)CCNc3ccc(S(N)(=O)=O)cc3[N+](=O)[O-])cc2F)n1. The Hall–Kier alpha value is -3.84. The predicted octanol–water partition coefficient (Wildman–Crippen LogP) is 2.62. The van der Waals surface area contributed by atoms with Gasteiger partial charge in [0.05, 0.1) is 15.5 Å². The van der Waals surface area contributed by atoms with Crippen molar-refractivity contribution >= 4 is 33.0 Å². The zero-order valence-electron chi connectivity index (χ0n) is 17.7. The number of sulfonamides is 1. The molecule has 11 nitrogen and oxygen atoms in total. The van der Waals surface area contributed by atoms with Crippen LogP contribution in [-0.4, -0.2) is 35.6 Å². The monoisotopic (exact) mass is 476 g/mol. The highest BCUT2D eigenvalue weighted by atomic mass is 32.2. The second-order valence-electron chi connectivity index (χ2n) is 7.21. The summed E-state index contributed by atoms with van der Waals surface area (Å²) in [5.74, 6) is -1.02. The summed E-state index contributed by atoms with van der Waals surface area (Å²) in [6.45, 7) is 3.61. The molecule has 13 heteroatoms. The van der Waals surface area contributed by atoms with E-state index in [1.165, 1.54) is 28.9 Å². The number of carbonyl (C=O) groups excluding carboxylic acids is 1. The van der Waals surface area contributed by atoms with Gasteiger partial charge in [0.2, 0.25) is 15.9 Å². The Labute approximate surface area is 188 Å². The minimum Gasteiger partial charge on any atom is -0.379 e. The van der Waals surface area contributed by atoms with Crippen molar-refractivity contribution in [1.82, 2.24) is 9.78 Å². The summed E-state index contributed by atoms with van der Waals surface area (Å²) in [6, 6.07) is 9.19. The molecule has 174 valence electrons. The van der Waals surface area contributed by atoms with Crippen LogP contribution in [0.3, 0.4) is 0 Å². The molecule has 4 N–H and O–H groups in total. The summed E-state index contributed by atoms with van der Waals surface area (Å²) in [5.41, 5.74) is 1.53. The number of carbonyl (C=O) groups is 1. The normalized spacial score (nSPS) is 11.3. The van der Waals surface area contributed by atoms with Gasteiger partial charge in [0.1, 0.15) is 11.4 Å². The van der Waals surface area contributed by atoms with E-state index in [1.807, 2.05) is 6.07 Å². The third-order valence-corrected chi connectivity index (χ3v) is 5.54. The highest BCUT2D eigenvalue weighted by molar-refractivity contribution is 7.89. The van der Waals surface area contributed by atoms with E-state index in [2.05, 4.69) is 15.7 Å². The molecule has 1 heterocycles. The van der Waals surface area contributed by atoms with Gasteiger partial charge in [0.25, 0.3) is 5.69 Å². The van der Waals surface area contributed by atoms with E-state index in [-0.39, 0.29) is 30.0 Å². The van der Waals surface area contributed by atoms with Gasteiger partial charge in [-0.25, -0.2) is 22.6 Å². The Bertz CT molecular complexity index is 1340. The molecular weight excluding hydrogens is 455 g/mol. The summed E-state index contributed by atoms with van der Waals surface area (Å²) in [4.78, 5) is 22.3. The number of hydrogen-bond acceptors (Lipinski definition) is 7. The van der Waals surface area contributed by atoms with E-state index >= 15 is 0 Å². The van der Waals surface area contributed by atoms with Crippen molar-refractivity contribution in [2.45, 2.75) is 25.2 Å². The maximum Gasteiger partial charge on any atom is 0.293 e. The molecular formula is C20H21FN6O5S. The van der Waals surface area contributed by atoms with E-state index in [1.54, 1.807) is 13.8 Å². The summed E-state index contributed by atoms with van der Waals surface area (Å²) in [5, 5.41) is 25.7. The van der Waals surface area contributed by atoms with Gasteiger partial charge in [-0.1, -0.05) is 0 Å². The maximum absolute atomic E-state index is 14.5. The Morgan fingerprint density at radius 2 is 1.94 bits per heavy atom. The standard InChI is InChI=1S/C20H21FN6O5S/c1-12-9-13(2)26(25-12)18-6-3-14(10-16(18)21)24-20(28)7-8-23-17-5-4-15(33(22,31)32)11-19(17)27(29)30/h3-6,9-11,23H,7-8H2,1-2H3,(H,24,28)(H2,22,31,32). The molecule has 0 radical (unpaired) electrons. The second-order valence-corrected chi connectivity index (χ2v) is 8.77. The highest BCUT2D eigenvalue weighted by Gasteiger charge is 2.19. The van der Waals surface area contributed by atoms with Crippen LogP contribution >= 0.6 is 0 Å². The number of nitro benzene ring substituents is 1. The van der Waals surface area contributed by atoms with Crippen molar-refractivity contribution in [1.29, 1.82) is 0 Å².